The number of fused-ring (bicyclic) bond motifs is 2. The Kier molecular flexibility index (Phi) is 4.15. The highest BCUT2D eigenvalue weighted by molar-refractivity contribution is 6.04. The Balaban J connectivity index is 1.65. The summed E-state index contributed by atoms with van der Waals surface area (Å²) in [5, 5.41) is 5.86. The van der Waals surface area contributed by atoms with E-state index >= 15 is 0 Å². The van der Waals surface area contributed by atoms with Gasteiger partial charge in [-0.05, 0) is 56.2 Å². The minimum absolute atomic E-state index is 0.0888. The minimum Gasteiger partial charge on any atom is -0.479 e. The van der Waals surface area contributed by atoms with Crippen molar-refractivity contribution in [3.63, 3.8) is 0 Å². The van der Waals surface area contributed by atoms with Crippen LogP contribution in [0.5, 0.6) is 5.75 Å². The predicted octanol–water partition coefficient (Wildman–Crippen LogP) is 3.38. The highest BCUT2D eigenvalue weighted by atomic mass is 16.5. The maximum atomic E-state index is 12.6. The van der Waals surface area contributed by atoms with E-state index in [-0.39, 0.29) is 17.1 Å². The van der Waals surface area contributed by atoms with Gasteiger partial charge in [0.25, 0.3) is 11.8 Å². The van der Waals surface area contributed by atoms with E-state index in [4.69, 9.17) is 9.15 Å². The van der Waals surface area contributed by atoms with Crippen LogP contribution in [0.1, 0.15) is 28.6 Å². The van der Waals surface area contributed by atoms with Crippen LogP contribution < -0.4 is 20.8 Å². The zero-order chi connectivity index (χ0) is 20.0. The molecule has 0 radical (unpaired) electrons. The molecule has 7 nitrogen and oxygen atoms in total. The number of nitrogens with one attached hydrogen (secondary N) is 2. The van der Waals surface area contributed by atoms with Crippen LogP contribution in [-0.4, -0.2) is 17.9 Å². The second-order valence-corrected chi connectivity index (χ2v) is 6.84. The number of carbonyl (C=O) groups is 2. The van der Waals surface area contributed by atoms with E-state index in [1.165, 1.54) is 6.07 Å². The van der Waals surface area contributed by atoms with Gasteiger partial charge in [0.05, 0.1) is 11.1 Å². The fourth-order valence-electron chi connectivity index (χ4n) is 3.26. The Bertz CT molecular complexity index is 1200. The molecular formula is C21H18N2O5. The van der Waals surface area contributed by atoms with Gasteiger partial charge < -0.3 is 19.8 Å². The van der Waals surface area contributed by atoms with Gasteiger partial charge in [0.1, 0.15) is 11.3 Å². The second kappa shape index (κ2) is 6.53. The van der Waals surface area contributed by atoms with Crippen LogP contribution in [0.3, 0.4) is 0 Å². The molecule has 0 saturated carbocycles. The molecule has 0 bridgehead atoms. The molecule has 1 atom stereocenters. The Hall–Kier alpha value is -3.61. The quantitative estimate of drug-likeness (QED) is 0.712. The fourth-order valence-corrected chi connectivity index (χ4v) is 3.26. The summed E-state index contributed by atoms with van der Waals surface area (Å²) in [6.45, 7) is 5.37. The lowest BCUT2D eigenvalue weighted by Crippen LogP contribution is -2.34. The number of ether oxygens (including phenoxy) is 1. The van der Waals surface area contributed by atoms with E-state index in [1.54, 1.807) is 31.2 Å². The van der Waals surface area contributed by atoms with Crippen molar-refractivity contribution in [2.75, 3.05) is 10.6 Å². The van der Waals surface area contributed by atoms with Crippen molar-refractivity contribution in [3.05, 3.63) is 63.5 Å². The van der Waals surface area contributed by atoms with Gasteiger partial charge in [-0.2, -0.15) is 0 Å². The van der Waals surface area contributed by atoms with Gasteiger partial charge in [0.15, 0.2) is 17.3 Å². The zero-order valence-corrected chi connectivity index (χ0v) is 15.6. The van der Waals surface area contributed by atoms with Crippen molar-refractivity contribution in [1.29, 1.82) is 0 Å². The van der Waals surface area contributed by atoms with Crippen LogP contribution >= 0.6 is 0 Å². The van der Waals surface area contributed by atoms with Crippen molar-refractivity contribution in [2.24, 2.45) is 0 Å². The summed E-state index contributed by atoms with van der Waals surface area (Å²) in [5.41, 5.74) is 2.73. The molecule has 0 aliphatic carbocycles. The first-order valence-corrected chi connectivity index (χ1v) is 8.80. The van der Waals surface area contributed by atoms with Crippen molar-refractivity contribution in [1.82, 2.24) is 0 Å². The number of anilines is 2. The Morgan fingerprint density at radius 2 is 1.89 bits per heavy atom. The normalized spacial score (nSPS) is 15.5. The molecule has 1 aliphatic heterocycles. The molecule has 1 aliphatic rings. The molecule has 1 aromatic heterocycles. The lowest BCUT2D eigenvalue weighted by atomic mass is 10.1. The van der Waals surface area contributed by atoms with Crippen LogP contribution in [0.4, 0.5) is 11.4 Å². The molecule has 0 unspecified atom stereocenters. The van der Waals surface area contributed by atoms with Crippen LogP contribution in [-0.2, 0) is 4.79 Å². The van der Waals surface area contributed by atoms with Gasteiger partial charge in [0.2, 0.25) is 0 Å². The van der Waals surface area contributed by atoms with Crippen molar-refractivity contribution in [3.8, 4) is 5.75 Å². The Labute approximate surface area is 160 Å². The summed E-state index contributed by atoms with van der Waals surface area (Å²) in [7, 11) is 0. The maximum Gasteiger partial charge on any atom is 0.291 e. The Morgan fingerprint density at radius 3 is 2.68 bits per heavy atom. The average molecular weight is 378 g/mol. The SMILES string of the molecule is Cc1cc(C)c2c(=O)cc(C(=O)Nc3ccc4c(c3)NC(=O)[C@H](C)O4)oc2c1. The largest absolute Gasteiger partial charge is 0.479 e. The monoisotopic (exact) mass is 378 g/mol. The topological polar surface area (TPSA) is 97.6 Å². The van der Waals surface area contributed by atoms with E-state index in [2.05, 4.69) is 10.6 Å². The summed E-state index contributed by atoms with van der Waals surface area (Å²) < 4.78 is 11.2. The fraction of sp³-hybridized carbons (Fsp3) is 0.190. The molecule has 7 heteroatoms. The predicted molar refractivity (Wildman–Crippen MR) is 105 cm³/mol. The number of hydrogen-bond acceptors (Lipinski definition) is 5. The van der Waals surface area contributed by atoms with E-state index in [9.17, 15) is 14.4 Å². The third-order valence-corrected chi connectivity index (χ3v) is 4.56. The molecule has 2 amide bonds. The molecule has 0 fully saturated rings. The lowest BCUT2D eigenvalue weighted by Gasteiger charge is -2.23. The summed E-state index contributed by atoms with van der Waals surface area (Å²) in [4.78, 5) is 36.8. The van der Waals surface area contributed by atoms with E-state index in [1.807, 2.05) is 19.9 Å². The van der Waals surface area contributed by atoms with Crippen LogP contribution in [0.15, 0.2) is 45.6 Å². The average Bonchev–Trinajstić information content (AvgIpc) is 2.62. The van der Waals surface area contributed by atoms with Gasteiger partial charge in [-0.25, -0.2) is 0 Å². The number of carbonyl (C=O) groups excluding carboxylic acids is 2. The van der Waals surface area contributed by atoms with Crippen LogP contribution in [0, 0.1) is 13.8 Å². The molecule has 2 N–H and O–H groups in total. The number of amides is 2. The van der Waals surface area contributed by atoms with Crippen LogP contribution in [0.2, 0.25) is 0 Å². The third kappa shape index (κ3) is 3.11. The third-order valence-electron chi connectivity index (χ3n) is 4.56. The molecular weight excluding hydrogens is 360 g/mol. The second-order valence-electron chi connectivity index (χ2n) is 6.84. The molecule has 28 heavy (non-hydrogen) atoms. The summed E-state index contributed by atoms with van der Waals surface area (Å²) in [6.07, 6.45) is -0.577. The molecule has 3 aromatic rings. The first-order valence-electron chi connectivity index (χ1n) is 8.80. The van der Waals surface area contributed by atoms with Crippen molar-refractivity contribution >= 4 is 34.2 Å². The van der Waals surface area contributed by atoms with Crippen molar-refractivity contribution < 1.29 is 18.7 Å². The first-order chi connectivity index (χ1) is 13.3. The van der Waals surface area contributed by atoms with Gasteiger partial charge in [0, 0.05) is 11.8 Å². The standard InChI is InChI=1S/C21H18N2O5/c1-10-6-11(2)19-15(24)9-18(28-17(19)7-10)21(26)22-13-4-5-16-14(8-13)23-20(25)12(3)27-16/h4-9,12H,1-3H3,(H,22,26)(H,23,25)/t12-/m0/s1. The van der Waals surface area contributed by atoms with Crippen LogP contribution in [0.25, 0.3) is 11.0 Å². The number of rotatable bonds is 2. The molecule has 0 spiro atoms. The number of aryl methyl sites for hydroxylation is 2. The minimum atomic E-state index is -0.577. The van der Waals surface area contributed by atoms with Gasteiger partial charge in [-0.15, -0.1) is 0 Å². The molecule has 0 saturated heterocycles. The highest BCUT2D eigenvalue weighted by Gasteiger charge is 2.24. The first kappa shape index (κ1) is 17.8. The number of hydrogen-bond donors (Lipinski definition) is 2. The smallest absolute Gasteiger partial charge is 0.291 e. The zero-order valence-electron chi connectivity index (χ0n) is 15.6. The molecule has 142 valence electrons. The molecule has 2 aromatic carbocycles. The summed E-state index contributed by atoms with van der Waals surface area (Å²) >= 11 is 0. The maximum absolute atomic E-state index is 12.6. The Morgan fingerprint density at radius 1 is 1.11 bits per heavy atom. The summed E-state index contributed by atoms with van der Waals surface area (Å²) in [5.74, 6) is -0.390. The molecule has 2 heterocycles. The lowest BCUT2D eigenvalue weighted by molar-refractivity contribution is -0.122. The van der Waals surface area contributed by atoms with E-state index in [0.29, 0.717) is 28.1 Å². The van der Waals surface area contributed by atoms with Crippen molar-refractivity contribution in [2.45, 2.75) is 26.9 Å². The van der Waals surface area contributed by atoms with Gasteiger partial charge in [-0.3, -0.25) is 14.4 Å². The summed E-state index contributed by atoms with van der Waals surface area (Å²) in [6, 6.07) is 9.70. The molecule has 4 rings (SSSR count). The number of benzene rings is 2. The van der Waals surface area contributed by atoms with Gasteiger partial charge >= 0.3 is 0 Å². The highest BCUT2D eigenvalue weighted by Crippen LogP contribution is 2.32. The van der Waals surface area contributed by atoms with Gasteiger partial charge in [-0.1, -0.05) is 6.07 Å². The van der Waals surface area contributed by atoms with E-state index in [0.717, 1.165) is 11.1 Å². The van der Waals surface area contributed by atoms with E-state index < -0.39 is 12.0 Å².